The molecule has 3 N–H and O–H groups in total. The summed E-state index contributed by atoms with van der Waals surface area (Å²) < 4.78 is 4.97. The third kappa shape index (κ3) is 6.52. The number of hydrogen-bond donors (Lipinski definition) is 3. The van der Waals surface area contributed by atoms with Crippen molar-refractivity contribution in [3.05, 3.63) is 0 Å². The maximum Gasteiger partial charge on any atom is 0.326 e. The molecular formula is C10H19N3O4. The van der Waals surface area contributed by atoms with Gasteiger partial charge in [0.05, 0.1) is 0 Å². The summed E-state index contributed by atoms with van der Waals surface area (Å²) >= 11 is 0. The molecule has 2 amide bonds. The van der Waals surface area contributed by atoms with Gasteiger partial charge in [-0.1, -0.05) is 13.8 Å². The molecule has 0 saturated heterocycles. The lowest BCUT2D eigenvalue weighted by Gasteiger charge is -2.20. The molecule has 0 bridgehead atoms. The number of ether oxygens (including phenoxy) is 1. The number of carbonyl (C=O) groups is 3. The van der Waals surface area contributed by atoms with Gasteiger partial charge in [0.1, 0.15) is 6.54 Å². The zero-order valence-electron chi connectivity index (χ0n) is 10.5. The quantitative estimate of drug-likeness (QED) is 0.409. The summed E-state index contributed by atoms with van der Waals surface area (Å²) in [5.74, 6) is -1.57. The van der Waals surface area contributed by atoms with Crippen molar-refractivity contribution in [2.75, 3.05) is 13.6 Å². The molecule has 1 atom stereocenters. The van der Waals surface area contributed by atoms with E-state index in [1.54, 1.807) is 13.8 Å². The van der Waals surface area contributed by atoms with E-state index in [1.165, 1.54) is 14.0 Å². The van der Waals surface area contributed by atoms with Crippen molar-refractivity contribution >= 4 is 17.8 Å². The molecule has 0 aromatic carbocycles. The Morgan fingerprint density at radius 2 is 1.82 bits per heavy atom. The summed E-state index contributed by atoms with van der Waals surface area (Å²) in [6, 6.07) is 0. The van der Waals surface area contributed by atoms with Crippen molar-refractivity contribution in [1.82, 2.24) is 16.2 Å². The van der Waals surface area contributed by atoms with Crippen LogP contribution in [0.3, 0.4) is 0 Å². The normalized spacial score (nSPS) is 11.8. The van der Waals surface area contributed by atoms with Crippen molar-refractivity contribution in [1.29, 1.82) is 0 Å². The number of amides is 2. The Kier molecular flexibility index (Phi) is 6.88. The van der Waals surface area contributed by atoms with Gasteiger partial charge in [-0.05, 0) is 5.92 Å². The van der Waals surface area contributed by atoms with Crippen LogP contribution in [0.25, 0.3) is 0 Å². The third-order valence-corrected chi connectivity index (χ3v) is 1.85. The van der Waals surface area contributed by atoms with Gasteiger partial charge in [-0.25, -0.2) is 5.43 Å². The number of esters is 1. The summed E-state index contributed by atoms with van der Waals surface area (Å²) in [6.45, 7) is 4.56. The molecule has 7 nitrogen and oxygen atoms in total. The molecule has 0 aliphatic heterocycles. The molecule has 17 heavy (non-hydrogen) atoms. The molecular weight excluding hydrogens is 226 g/mol. The monoisotopic (exact) mass is 245 g/mol. The third-order valence-electron chi connectivity index (χ3n) is 1.85. The lowest BCUT2D eigenvalue weighted by molar-refractivity contribution is -0.158. The van der Waals surface area contributed by atoms with Crippen molar-refractivity contribution < 1.29 is 19.1 Å². The summed E-state index contributed by atoms with van der Waals surface area (Å²) in [5.41, 5.74) is 4.81. The SMILES string of the molecule is CNNC(=O)C(OC(=O)CNC(C)=O)C(C)C. The molecule has 0 saturated carbocycles. The summed E-state index contributed by atoms with van der Waals surface area (Å²) in [6.07, 6.45) is -0.885. The fourth-order valence-electron chi connectivity index (χ4n) is 1.07. The van der Waals surface area contributed by atoms with E-state index in [-0.39, 0.29) is 18.4 Å². The molecule has 0 spiro atoms. The van der Waals surface area contributed by atoms with Gasteiger partial charge in [-0.15, -0.1) is 0 Å². The molecule has 0 aromatic heterocycles. The lowest BCUT2D eigenvalue weighted by atomic mass is 10.1. The fraction of sp³-hybridized carbons (Fsp3) is 0.700. The topological polar surface area (TPSA) is 96.5 Å². The second-order valence-corrected chi connectivity index (χ2v) is 3.80. The minimum Gasteiger partial charge on any atom is -0.451 e. The van der Waals surface area contributed by atoms with Gasteiger partial charge in [0, 0.05) is 14.0 Å². The predicted octanol–water partition coefficient (Wildman–Crippen LogP) is -1.06. The van der Waals surface area contributed by atoms with Gasteiger partial charge < -0.3 is 10.1 Å². The fourth-order valence-corrected chi connectivity index (χ4v) is 1.07. The number of hydrazine groups is 1. The van der Waals surface area contributed by atoms with Crippen molar-refractivity contribution in [2.24, 2.45) is 5.92 Å². The van der Waals surface area contributed by atoms with E-state index in [9.17, 15) is 14.4 Å². The average molecular weight is 245 g/mol. The van der Waals surface area contributed by atoms with E-state index in [0.29, 0.717) is 0 Å². The summed E-state index contributed by atoms with van der Waals surface area (Å²) in [5, 5.41) is 2.30. The molecule has 0 aliphatic rings. The van der Waals surface area contributed by atoms with Crippen molar-refractivity contribution in [2.45, 2.75) is 26.9 Å². The van der Waals surface area contributed by atoms with Crippen LogP contribution in [0.15, 0.2) is 0 Å². The molecule has 0 heterocycles. The molecule has 0 aromatic rings. The van der Waals surface area contributed by atoms with Crippen LogP contribution in [0, 0.1) is 5.92 Å². The van der Waals surface area contributed by atoms with Crippen molar-refractivity contribution in [3.8, 4) is 0 Å². The number of hydrogen-bond acceptors (Lipinski definition) is 5. The smallest absolute Gasteiger partial charge is 0.326 e. The van der Waals surface area contributed by atoms with Crippen LogP contribution in [-0.4, -0.2) is 37.5 Å². The average Bonchev–Trinajstić information content (AvgIpc) is 2.22. The Hall–Kier alpha value is -1.63. The van der Waals surface area contributed by atoms with E-state index in [4.69, 9.17) is 4.74 Å². The number of rotatable bonds is 6. The van der Waals surface area contributed by atoms with Gasteiger partial charge in [0.25, 0.3) is 5.91 Å². The molecule has 98 valence electrons. The molecule has 0 aliphatic carbocycles. The Bertz CT molecular complexity index is 291. The van der Waals surface area contributed by atoms with E-state index >= 15 is 0 Å². The molecule has 7 heteroatoms. The summed E-state index contributed by atoms with van der Waals surface area (Å²) in [7, 11) is 1.54. The minimum atomic E-state index is -0.885. The number of nitrogens with one attached hydrogen (secondary N) is 3. The highest BCUT2D eigenvalue weighted by atomic mass is 16.5. The first-order valence-electron chi connectivity index (χ1n) is 5.29. The van der Waals surface area contributed by atoms with E-state index in [0.717, 1.165) is 0 Å². The van der Waals surface area contributed by atoms with E-state index < -0.39 is 18.0 Å². The van der Waals surface area contributed by atoms with Crippen LogP contribution >= 0.6 is 0 Å². The lowest BCUT2D eigenvalue weighted by Crippen LogP contribution is -2.46. The molecule has 0 radical (unpaired) electrons. The first-order valence-corrected chi connectivity index (χ1v) is 5.29. The zero-order chi connectivity index (χ0) is 13.4. The molecule has 0 fully saturated rings. The molecule has 0 rings (SSSR count). The van der Waals surface area contributed by atoms with Crippen LogP contribution in [0.1, 0.15) is 20.8 Å². The Labute approximate surface area is 100 Å². The van der Waals surface area contributed by atoms with Crippen LogP contribution in [0.4, 0.5) is 0 Å². The van der Waals surface area contributed by atoms with Crippen LogP contribution in [0.2, 0.25) is 0 Å². The van der Waals surface area contributed by atoms with Gasteiger partial charge in [-0.2, -0.15) is 0 Å². The highest BCUT2D eigenvalue weighted by Crippen LogP contribution is 2.06. The maximum absolute atomic E-state index is 11.5. The van der Waals surface area contributed by atoms with E-state index in [2.05, 4.69) is 16.2 Å². The molecule has 1 unspecified atom stereocenters. The largest absolute Gasteiger partial charge is 0.451 e. The first-order chi connectivity index (χ1) is 7.88. The van der Waals surface area contributed by atoms with Crippen LogP contribution in [-0.2, 0) is 19.1 Å². The highest BCUT2D eigenvalue weighted by Gasteiger charge is 2.25. The van der Waals surface area contributed by atoms with Gasteiger partial charge in [-0.3, -0.25) is 19.8 Å². The van der Waals surface area contributed by atoms with E-state index in [1.807, 2.05) is 0 Å². The Morgan fingerprint density at radius 3 is 2.24 bits per heavy atom. The predicted molar refractivity (Wildman–Crippen MR) is 60.6 cm³/mol. The second-order valence-electron chi connectivity index (χ2n) is 3.80. The number of carbonyl (C=O) groups excluding carboxylic acids is 3. The minimum absolute atomic E-state index is 0.162. The second kappa shape index (κ2) is 7.61. The Morgan fingerprint density at radius 1 is 1.24 bits per heavy atom. The van der Waals surface area contributed by atoms with Crippen LogP contribution in [0.5, 0.6) is 0 Å². The Balaban J connectivity index is 4.29. The van der Waals surface area contributed by atoms with Crippen LogP contribution < -0.4 is 16.2 Å². The zero-order valence-corrected chi connectivity index (χ0v) is 10.5. The van der Waals surface area contributed by atoms with Gasteiger partial charge >= 0.3 is 5.97 Å². The van der Waals surface area contributed by atoms with Gasteiger partial charge in [0.2, 0.25) is 5.91 Å². The van der Waals surface area contributed by atoms with Gasteiger partial charge in [0.15, 0.2) is 6.10 Å². The first kappa shape index (κ1) is 15.4. The highest BCUT2D eigenvalue weighted by molar-refractivity contribution is 5.85. The maximum atomic E-state index is 11.5. The standard InChI is InChI=1S/C10H19N3O4/c1-6(2)9(10(16)13-11-4)17-8(15)5-12-7(3)14/h6,9,11H,5H2,1-4H3,(H,12,14)(H,13,16). The van der Waals surface area contributed by atoms with Crippen molar-refractivity contribution in [3.63, 3.8) is 0 Å². The summed E-state index contributed by atoms with van der Waals surface area (Å²) in [4.78, 5) is 33.4.